The summed E-state index contributed by atoms with van der Waals surface area (Å²) in [6.07, 6.45) is 5.44. The van der Waals surface area contributed by atoms with Gasteiger partial charge >= 0.3 is 0 Å². The van der Waals surface area contributed by atoms with E-state index in [0.717, 1.165) is 0 Å². The van der Waals surface area contributed by atoms with Crippen molar-refractivity contribution >= 4 is 0 Å². The van der Waals surface area contributed by atoms with E-state index in [1.54, 1.807) is 22.0 Å². The standard InChI is InChI=1S/C7H10N6O/c14-7(1-12-5-8-3-10-12)2-13-6-9-4-11-13/h3-7,14H,1-2H2. The van der Waals surface area contributed by atoms with Gasteiger partial charge < -0.3 is 5.11 Å². The van der Waals surface area contributed by atoms with Gasteiger partial charge in [-0.1, -0.05) is 0 Å². The molecule has 0 bridgehead atoms. The lowest BCUT2D eigenvalue weighted by Crippen LogP contribution is -2.22. The molecule has 7 heteroatoms. The van der Waals surface area contributed by atoms with Crippen molar-refractivity contribution in [2.24, 2.45) is 0 Å². The lowest BCUT2D eigenvalue weighted by molar-refractivity contribution is 0.125. The number of hydrogen-bond acceptors (Lipinski definition) is 5. The van der Waals surface area contributed by atoms with Gasteiger partial charge in [0, 0.05) is 0 Å². The number of aliphatic hydroxyl groups excluding tert-OH is 1. The molecule has 0 fully saturated rings. The molecule has 0 aliphatic heterocycles. The summed E-state index contributed by atoms with van der Waals surface area (Å²) < 4.78 is 3.14. The zero-order chi connectivity index (χ0) is 9.80. The summed E-state index contributed by atoms with van der Waals surface area (Å²) >= 11 is 0. The molecule has 2 aromatic rings. The van der Waals surface area contributed by atoms with Gasteiger partial charge in [0.05, 0.1) is 19.2 Å². The van der Waals surface area contributed by atoms with E-state index in [1.165, 1.54) is 12.7 Å². The third-order valence-corrected chi connectivity index (χ3v) is 1.73. The first kappa shape index (κ1) is 8.82. The quantitative estimate of drug-likeness (QED) is 0.670. The van der Waals surface area contributed by atoms with Crippen LogP contribution in [0.5, 0.6) is 0 Å². The van der Waals surface area contributed by atoms with Gasteiger partial charge in [-0.3, -0.25) is 9.36 Å². The maximum Gasteiger partial charge on any atom is 0.137 e. The summed E-state index contributed by atoms with van der Waals surface area (Å²) in [5, 5.41) is 17.4. The van der Waals surface area contributed by atoms with Gasteiger partial charge in [0.1, 0.15) is 25.3 Å². The normalized spacial score (nSPS) is 11.0. The highest BCUT2D eigenvalue weighted by Crippen LogP contribution is 1.93. The van der Waals surface area contributed by atoms with Crippen LogP contribution >= 0.6 is 0 Å². The average Bonchev–Trinajstić information content (AvgIpc) is 2.76. The van der Waals surface area contributed by atoms with Crippen LogP contribution in [0.25, 0.3) is 0 Å². The minimum atomic E-state index is -0.543. The van der Waals surface area contributed by atoms with Gasteiger partial charge in [0.15, 0.2) is 0 Å². The molecule has 0 aliphatic carbocycles. The molecular formula is C7H10N6O. The molecule has 0 aliphatic rings. The minimum absolute atomic E-state index is 0.403. The van der Waals surface area contributed by atoms with Crippen LogP contribution in [0.4, 0.5) is 0 Å². The van der Waals surface area contributed by atoms with Crippen LogP contribution in [0, 0.1) is 0 Å². The lowest BCUT2D eigenvalue weighted by Gasteiger charge is -2.09. The Morgan fingerprint density at radius 2 is 1.50 bits per heavy atom. The molecule has 0 aromatic carbocycles. The molecule has 0 radical (unpaired) electrons. The third-order valence-electron chi connectivity index (χ3n) is 1.73. The molecule has 0 atom stereocenters. The molecule has 74 valence electrons. The molecule has 14 heavy (non-hydrogen) atoms. The maximum absolute atomic E-state index is 9.62. The van der Waals surface area contributed by atoms with Crippen molar-refractivity contribution in [1.82, 2.24) is 29.5 Å². The molecule has 0 saturated heterocycles. The fraction of sp³-hybridized carbons (Fsp3) is 0.429. The molecule has 0 spiro atoms. The Morgan fingerprint density at radius 3 is 1.86 bits per heavy atom. The zero-order valence-corrected chi connectivity index (χ0v) is 7.43. The fourth-order valence-corrected chi connectivity index (χ4v) is 1.14. The predicted octanol–water partition coefficient (Wildman–Crippen LogP) is -1.07. The third kappa shape index (κ3) is 2.13. The molecule has 0 amide bonds. The van der Waals surface area contributed by atoms with Crippen molar-refractivity contribution in [2.75, 3.05) is 0 Å². The summed E-state index contributed by atoms with van der Waals surface area (Å²) in [6, 6.07) is 0. The van der Waals surface area contributed by atoms with Crippen molar-refractivity contribution < 1.29 is 5.11 Å². The summed E-state index contributed by atoms with van der Waals surface area (Å²) in [5.74, 6) is 0. The van der Waals surface area contributed by atoms with Gasteiger partial charge in [0.2, 0.25) is 0 Å². The van der Waals surface area contributed by atoms with E-state index in [9.17, 15) is 5.11 Å². The van der Waals surface area contributed by atoms with Crippen molar-refractivity contribution in [2.45, 2.75) is 19.2 Å². The smallest absolute Gasteiger partial charge is 0.137 e. The first-order chi connectivity index (χ1) is 6.84. The Labute approximate surface area is 80.0 Å². The van der Waals surface area contributed by atoms with Gasteiger partial charge in [-0.2, -0.15) is 10.2 Å². The van der Waals surface area contributed by atoms with Crippen LogP contribution in [0.3, 0.4) is 0 Å². The van der Waals surface area contributed by atoms with Crippen LogP contribution in [0.2, 0.25) is 0 Å². The van der Waals surface area contributed by atoms with E-state index in [-0.39, 0.29) is 0 Å². The monoisotopic (exact) mass is 194 g/mol. The van der Waals surface area contributed by atoms with Gasteiger partial charge in [-0.25, -0.2) is 9.97 Å². The second kappa shape index (κ2) is 3.97. The number of nitrogens with zero attached hydrogens (tertiary/aromatic N) is 6. The van der Waals surface area contributed by atoms with E-state index in [1.807, 2.05) is 0 Å². The Kier molecular flexibility index (Phi) is 2.50. The van der Waals surface area contributed by atoms with Crippen LogP contribution in [-0.4, -0.2) is 40.7 Å². The minimum Gasteiger partial charge on any atom is -0.389 e. The van der Waals surface area contributed by atoms with Crippen LogP contribution in [-0.2, 0) is 13.1 Å². The van der Waals surface area contributed by atoms with Crippen molar-refractivity contribution in [3.05, 3.63) is 25.3 Å². The van der Waals surface area contributed by atoms with E-state index >= 15 is 0 Å². The molecule has 2 aromatic heterocycles. The Morgan fingerprint density at radius 1 is 1.00 bits per heavy atom. The summed E-state index contributed by atoms with van der Waals surface area (Å²) in [5.41, 5.74) is 0. The van der Waals surface area contributed by atoms with E-state index in [2.05, 4.69) is 20.2 Å². The van der Waals surface area contributed by atoms with Gasteiger partial charge in [0.25, 0.3) is 0 Å². The van der Waals surface area contributed by atoms with E-state index < -0.39 is 6.10 Å². The highest BCUT2D eigenvalue weighted by Gasteiger charge is 2.06. The van der Waals surface area contributed by atoms with Crippen molar-refractivity contribution in [1.29, 1.82) is 0 Å². The molecule has 2 heterocycles. The van der Waals surface area contributed by atoms with Crippen LogP contribution in [0.1, 0.15) is 0 Å². The topological polar surface area (TPSA) is 81.6 Å². The second-order valence-corrected chi connectivity index (χ2v) is 2.89. The zero-order valence-electron chi connectivity index (χ0n) is 7.43. The van der Waals surface area contributed by atoms with Crippen molar-refractivity contribution in [3.8, 4) is 0 Å². The first-order valence-corrected chi connectivity index (χ1v) is 4.17. The van der Waals surface area contributed by atoms with Crippen LogP contribution in [0.15, 0.2) is 25.3 Å². The molecule has 0 unspecified atom stereocenters. The molecule has 1 N–H and O–H groups in total. The summed E-state index contributed by atoms with van der Waals surface area (Å²) in [7, 11) is 0. The number of rotatable bonds is 4. The van der Waals surface area contributed by atoms with Crippen molar-refractivity contribution in [3.63, 3.8) is 0 Å². The van der Waals surface area contributed by atoms with Gasteiger partial charge in [-0.15, -0.1) is 0 Å². The first-order valence-electron chi connectivity index (χ1n) is 4.17. The number of hydrogen-bond donors (Lipinski definition) is 1. The number of aromatic nitrogens is 6. The Bertz CT molecular complexity index is 319. The SMILES string of the molecule is OC(Cn1cncn1)Cn1cncn1. The largest absolute Gasteiger partial charge is 0.389 e. The summed E-state index contributed by atoms with van der Waals surface area (Å²) in [6.45, 7) is 0.805. The highest BCUT2D eigenvalue weighted by atomic mass is 16.3. The predicted molar refractivity (Wildman–Crippen MR) is 46.1 cm³/mol. The van der Waals surface area contributed by atoms with Gasteiger partial charge in [-0.05, 0) is 0 Å². The average molecular weight is 194 g/mol. The van der Waals surface area contributed by atoms with E-state index in [4.69, 9.17) is 0 Å². The Balaban J connectivity index is 1.88. The second-order valence-electron chi connectivity index (χ2n) is 2.89. The molecule has 2 rings (SSSR count). The Hall–Kier alpha value is -1.76. The molecular weight excluding hydrogens is 184 g/mol. The summed E-state index contributed by atoms with van der Waals surface area (Å²) in [4.78, 5) is 7.56. The molecule has 7 nitrogen and oxygen atoms in total. The highest BCUT2D eigenvalue weighted by molar-refractivity contribution is 4.63. The van der Waals surface area contributed by atoms with Crippen LogP contribution < -0.4 is 0 Å². The number of aliphatic hydroxyl groups is 1. The molecule has 0 saturated carbocycles. The van der Waals surface area contributed by atoms with E-state index in [0.29, 0.717) is 13.1 Å². The fourth-order valence-electron chi connectivity index (χ4n) is 1.14. The lowest BCUT2D eigenvalue weighted by atomic mass is 10.3. The maximum atomic E-state index is 9.62.